The zero-order chi connectivity index (χ0) is 19.6. The molecule has 1 aliphatic rings. The molecule has 4 nitrogen and oxygen atoms in total. The van der Waals surface area contributed by atoms with E-state index in [1.807, 2.05) is 6.07 Å². The van der Waals surface area contributed by atoms with E-state index < -0.39 is 0 Å². The maximum atomic E-state index is 12.7. The molecule has 0 heterocycles. The molecule has 2 N–H and O–H groups in total. The van der Waals surface area contributed by atoms with E-state index in [9.17, 15) is 13.6 Å². The summed E-state index contributed by atoms with van der Waals surface area (Å²) in [6.45, 7) is 2.21. The molecule has 3 rings (SSSR count). The third-order valence-corrected chi connectivity index (χ3v) is 4.63. The highest BCUT2D eigenvalue weighted by atomic mass is 19.1. The Hall–Kier alpha value is -2.31. The first-order valence-electron chi connectivity index (χ1n) is 9.00. The Morgan fingerprint density at radius 3 is 2.22 bits per heavy atom. The smallest absolute Gasteiger partial charge is 0.246 e. The lowest BCUT2D eigenvalue weighted by atomic mass is 9.87. The normalized spacial score (nSPS) is 19.0. The van der Waals surface area contributed by atoms with Gasteiger partial charge in [0.2, 0.25) is 5.91 Å². The summed E-state index contributed by atoms with van der Waals surface area (Å²) in [6.07, 6.45) is 3.19. The predicted molar refractivity (Wildman–Crippen MR) is 98.0 cm³/mol. The van der Waals surface area contributed by atoms with Crippen LogP contribution < -0.4 is 5.48 Å². The predicted octanol–water partition coefficient (Wildman–Crippen LogP) is 4.54. The van der Waals surface area contributed by atoms with E-state index in [1.54, 1.807) is 36.7 Å². The molecule has 0 atom stereocenters. The fourth-order valence-electron chi connectivity index (χ4n) is 2.93. The molecule has 0 radical (unpaired) electrons. The fourth-order valence-corrected chi connectivity index (χ4v) is 2.93. The van der Waals surface area contributed by atoms with Gasteiger partial charge in [0.15, 0.2) is 0 Å². The van der Waals surface area contributed by atoms with Crippen LogP contribution in [0.2, 0.25) is 0 Å². The molecule has 1 fully saturated rings. The van der Waals surface area contributed by atoms with Gasteiger partial charge in [-0.3, -0.25) is 10.0 Å². The van der Waals surface area contributed by atoms with E-state index >= 15 is 0 Å². The maximum Gasteiger partial charge on any atom is 0.246 e. The summed E-state index contributed by atoms with van der Waals surface area (Å²) in [5, 5.41) is 8.57. The van der Waals surface area contributed by atoms with Crippen LogP contribution in [-0.2, 0) is 16.1 Å². The Morgan fingerprint density at radius 1 is 1.07 bits per heavy atom. The standard InChI is InChI=1S/C14H18FNO3.C7H7F/c15-12-5-1-10(2-6-12)9-19-13-7-3-11(4-8-13)14(17)16-18;1-6-4-2-3-5-7(6)8/h1-2,5-6,11,13,18H,3-4,7-9H2,(H,16,17);2-5H,1H3. The van der Waals surface area contributed by atoms with Crippen LogP contribution in [0.3, 0.4) is 0 Å². The van der Waals surface area contributed by atoms with E-state index in [0.717, 1.165) is 31.2 Å². The van der Waals surface area contributed by atoms with Crippen molar-refractivity contribution in [1.29, 1.82) is 0 Å². The van der Waals surface area contributed by atoms with Gasteiger partial charge in [-0.25, -0.2) is 14.3 Å². The second-order valence-corrected chi connectivity index (χ2v) is 6.64. The van der Waals surface area contributed by atoms with E-state index in [4.69, 9.17) is 9.94 Å². The average Bonchev–Trinajstić information content (AvgIpc) is 2.70. The SMILES string of the molecule is Cc1ccccc1F.O=C(NO)C1CCC(OCc2ccc(F)cc2)CC1. The lowest BCUT2D eigenvalue weighted by Crippen LogP contribution is -2.32. The van der Waals surface area contributed by atoms with Gasteiger partial charge in [-0.1, -0.05) is 30.3 Å². The first-order chi connectivity index (χ1) is 13.0. The summed E-state index contributed by atoms with van der Waals surface area (Å²) in [5.41, 5.74) is 3.34. The third kappa shape index (κ3) is 7.07. The van der Waals surface area contributed by atoms with Gasteiger partial charge in [0.1, 0.15) is 11.6 Å². The Kier molecular flexibility index (Phi) is 8.36. The minimum atomic E-state index is -0.308. The number of benzene rings is 2. The van der Waals surface area contributed by atoms with Crippen LogP contribution in [0, 0.1) is 24.5 Å². The molecule has 0 spiro atoms. The molecule has 0 aromatic heterocycles. The first kappa shape index (κ1) is 21.0. The van der Waals surface area contributed by atoms with Crippen LogP contribution in [0.4, 0.5) is 8.78 Å². The number of halogens is 2. The van der Waals surface area contributed by atoms with Gasteiger partial charge in [0.25, 0.3) is 0 Å². The van der Waals surface area contributed by atoms with Crippen molar-refractivity contribution in [2.45, 2.75) is 45.3 Å². The Bertz CT molecular complexity index is 693. The van der Waals surface area contributed by atoms with Crippen molar-refractivity contribution >= 4 is 5.91 Å². The number of hydrogen-bond donors (Lipinski definition) is 2. The lowest BCUT2D eigenvalue weighted by molar-refractivity contribution is -0.135. The quantitative estimate of drug-likeness (QED) is 0.607. The van der Waals surface area contributed by atoms with Crippen molar-refractivity contribution in [2.24, 2.45) is 5.92 Å². The number of carbonyl (C=O) groups excluding carboxylic acids is 1. The summed E-state index contributed by atoms with van der Waals surface area (Å²) in [5.74, 6) is -0.806. The molecule has 0 unspecified atom stereocenters. The van der Waals surface area contributed by atoms with Crippen LogP contribution in [0.15, 0.2) is 48.5 Å². The molecular formula is C21H25F2NO3. The number of rotatable bonds is 4. The number of hydrogen-bond acceptors (Lipinski definition) is 3. The molecule has 27 heavy (non-hydrogen) atoms. The average molecular weight is 377 g/mol. The summed E-state index contributed by atoms with van der Waals surface area (Å²) >= 11 is 0. The van der Waals surface area contributed by atoms with Gasteiger partial charge in [0, 0.05) is 5.92 Å². The number of nitrogens with one attached hydrogen (secondary N) is 1. The molecule has 1 aliphatic carbocycles. The minimum Gasteiger partial charge on any atom is -0.374 e. The number of amides is 1. The molecule has 0 bridgehead atoms. The zero-order valence-corrected chi connectivity index (χ0v) is 15.3. The molecule has 146 valence electrons. The van der Waals surface area contributed by atoms with Gasteiger partial charge in [0.05, 0.1) is 12.7 Å². The number of aryl methyl sites for hydroxylation is 1. The van der Waals surface area contributed by atoms with Crippen LogP contribution in [-0.4, -0.2) is 17.2 Å². The minimum absolute atomic E-state index is 0.115. The van der Waals surface area contributed by atoms with Crippen molar-refractivity contribution in [3.8, 4) is 0 Å². The number of hydroxylamine groups is 1. The largest absolute Gasteiger partial charge is 0.374 e. The molecule has 2 aromatic carbocycles. The highest BCUT2D eigenvalue weighted by Crippen LogP contribution is 2.27. The molecule has 2 aromatic rings. The lowest BCUT2D eigenvalue weighted by Gasteiger charge is -2.27. The Labute approximate surface area is 158 Å². The number of ether oxygens (including phenoxy) is 1. The molecule has 0 aliphatic heterocycles. The van der Waals surface area contributed by atoms with E-state index in [1.165, 1.54) is 18.2 Å². The maximum absolute atomic E-state index is 12.7. The molecule has 0 saturated heterocycles. The van der Waals surface area contributed by atoms with E-state index in [-0.39, 0.29) is 29.6 Å². The molecular weight excluding hydrogens is 352 g/mol. The van der Waals surface area contributed by atoms with E-state index in [0.29, 0.717) is 12.2 Å². The second kappa shape index (κ2) is 10.7. The summed E-state index contributed by atoms with van der Waals surface area (Å²) in [4.78, 5) is 11.2. The summed E-state index contributed by atoms with van der Waals surface area (Å²) < 4.78 is 30.8. The van der Waals surface area contributed by atoms with Crippen LogP contribution in [0.25, 0.3) is 0 Å². The summed E-state index contributed by atoms with van der Waals surface area (Å²) in [6, 6.07) is 13.0. The van der Waals surface area contributed by atoms with Crippen molar-refractivity contribution < 1.29 is 23.5 Å². The van der Waals surface area contributed by atoms with E-state index in [2.05, 4.69) is 0 Å². The highest BCUT2D eigenvalue weighted by Gasteiger charge is 2.26. The van der Waals surface area contributed by atoms with Gasteiger partial charge < -0.3 is 4.74 Å². The van der Waals surface area contributed by atoms with Gasteiger partial charge >= 0.3 is 0 Å². The van der Waals surface area contributed by atoms with Crippen molar-refractivity contribution in [1.82, 2.24) is 5.48 Å². The zero-order valence-electron chi connectivity index (χ0n) is 15.3. The second-order valence-electron chi connectivity index (χ2n) is 6.64. The van der Waals surface area contributed by atoms with Crippen molar-refractivity contribution in [3.63, 3.8) is 0 Å². The highest BCUT2D eigenvalue weighted by molar-refractivity contribution is 5.77. The van der Waals surface area contributed by atoms with Crippen LogP contribution in [0.1, 0.15) is 36.8 Å². The van der Waals surface area contributed by atoms with Crippen LogP contribution >= 0.6 is 0 Å². The first-order valence-corrected chi connectivity index (χ1v) is 9.00. The Balaban J connectivity index is 0.000000273. The van der Waals surface area contributed by atoms with Crippen molar-refractivity contribution in [2.75, 3.05) is 0 Å². The molecule has 6 heteroatoms. The van der Waals surface area contributed by atoms with Gasteiger partial charge in [-0.15, -0.1) is 0 Å². The Morgan fingerprint density at radius 2 is 1.70 bits per heavy atom. The van der Waals surface area contributed by atoms with Crippen LogP contribution in [0.5, 0.6) is 0 Å². The van der Waals surface area contributed by atoms with Gasteiger partial charge in [-0.2, -0.15) is 0 Å². The van der Waals surface area contributed by atoms with Crippen molar-refractivity contribution in [3.05, 3.63) is 71.3 Å². The van der Waals surface area contributed by atoms with Gasteiger partial charge in [-0.05, 0) is 61.9 Å². The summed E-state index contributed by atoms with van der Waals surface area (Å²) in [7, 11) is 0. The fraction of sp³-hybridized carbons (Fsp3) is 0.381. The monoisotopic (exact) mass is 377 g/mol. The topological polar surface area (TPSA) is 58.6 Å². The number of carbonyl (C=O) groups is 1. The third-order valence-electron chi connectivity index (χ3n) is 4.63. The molecule has 1 saturated carbocycles. The molecule has 1 amide bonds.